The van der Waals surface area contributed by atoms with Gasteiger partial charge >= 0.3 is 5.97 Å². The van der Waals surface area contributed by atoms with Gasteiger partial charge in [0, 0.05) is 4.47 Å². The number of carboxylic acid groups (broad SMARTS) is 1. The van der Waals surface area contributed by atoms with Crippen LogP contribution in [0.4, 0.5) is 5.69 Å². The van der Waals surface area contributed by atoms with E-state index >= 15 is 0 Å². The Bertz CT molecular complexity index is 791. The second kappa shape index (κ2) is 5.49. The first-order valence-electron chi connectivity index (χ1n) is 5.78. The van der Waals surface area contributed by atoms with Crippen molar-refractivity contribution in [2.75, 3.05) is 4.72 Å². The fourth-order valence-corrected chi connectivity index (χ4v) is 3.87. The summed E-state index contributed by atoms with van der Waals surface area (Å²) >= 11 is 3.33. The molecule has 112 valence electrons. The first-order chi connectivity index (χ1) is 9.72. The number of nitrogens with one attached hydrogen (secondary N) is 2. The molecule has 0 aliphatic rings. The van der Waals surface area contributed by atoms with Crippen LogP contribution in [0.25, 0.3) is 0 Å². The topological polar surface area (TPSA) is 112 Å². The fraction of sp³-hybridized carbons (Fsp3) is 0.167. The number of aromatic amines is 1. The van der Waals surface area contributed by atoms with Crippen LogP contribution in [0.1, 0.15) is 21.5 Å². The van der Waals surface area contributed by atoms with Crippen molar-refractivity contribution < 1.29 is 18.3 Å². The number of nitrogens with zero attached hydrogens (tertiary/aromatic N) is 1. The van der Waals surface area contributed by atoms with Gasteiger partial charge in [-0.25, -0.2) is 4.79 Å². The van der Waals surface area contributed by atoms with Gasteiger partial charge in [0.1, 0.15) is 5.56 Å². The van der Waals surface area contributed by atoms with Crippen molar-refractivity contribution in [3.05, 3.63) is 39.5 Å². The summed E-state index contributed by atoms with van der Waals surface area (Å²) in [4.78, 5) is 11.0. The van der Waals surface area contributed by atoms with E-state index < -0.39 is 26.6 Å². The summed E-state index contributed by atoms with van der Waals surface area (Å²) in [6.45, 7) is 3.50. The summed E-state index contributed by atoms with van der Waals surface area (Å²) in [6.07, 6.45) is 0.957. The zero-order valence-electron chi connectivity index (χ0n) is 11.1. The molecule has 0 saturated carbocycles. The first-order valence-corrected chi connectivity index (χ1v) is 8.06. The lowest BCUT2D eigenvalue weighted by Crippen LogP contribution is -2.18. The number of aryl methyl sites for hydroxylation is 2. The maximum absolute atomic E-state index is 12.3. The number of H-pyrrole nitrogens is 1. The van der Waals surface area contributed by atoms with E-state index in [1.165, 1.54) is 0 Å². The number of sulfonamides is 1. The first kappa shape index (κ1) is 15.5. The van der Waals surface area contributed by atoms with Gasteiger partial charge in [-0.15, -0.1) is 0 Å². The number of aromatic nitrogens is 2. The smallest absolute Gasteiger partial charge is 0.340 e. The van der Waals surface area contributed by atoms with Gasteiger partial charge in [0.05, 0.1) is 11.9 Å². The fourth-order valence-electron chi connectivity index (χ4n) is 1.89. The van der Waals surface area contributed by atoms with Crippen LogP contribution in [-0.4, -0.2) is 29.7 Å². The maximum atomic E-state index is 12.3. The molecule has 1 heterocycles. The zero-order valence-corrected chi connectivity index (χ0v) is 13.5. The molecular formula is C12H12BrN3O4S. The summed E-state index contributed by atoms with van der Waals surface area (Å²) in [5.74, 6) is -1.37. The summed E-state index contributed by atoms with van der Waals surface area (Å²) in [5.41, 5.74) is 1.42. The lowest BCUT2D eigenvalue weighted by atomic mass is 10.1. The quantitative estimate of drug-likeness (QED) is 0.760. The Morgan fingerprint density at radius 2 is 1.90 bits per heavy atom. The van der Waals surface area contributed by atoms with Crippen LogP contribution in [0.3, 0.4) is 0 Å². The van der Waals surface area contributed by atoms with Crippen molar-refractivity contribution in [3.8, 4) is 0 Å². The van der Waals surface area contributed by atoms with Crippen LogP contribution >= 0.6 is 15.9 Å². The number of halogens is 1. The second-order valence-corrected chi connectivity index (χ2v) is 6.97. The van der Waals surface area contributed by atoms with Crippen molar-refractivity contribution >= 4 is 37.6 Å². The minimum atomic E-state index is -4.07. The van der Waals surface area contributed by atoms with Crippen molar-refractivity contribution in [1.29, 1.82) is 0 Å². The average Bonchev–Trinajstić information content (AvgIpc) is 2.83. The predicted octanol–water partition coefficient (Wildman–Crippen LogP) is 2.29. The van der Waals surface area contributed by atoms with Crippen molar-refractivity contribution in [2.45, 2.75) is 18.9 Å². The van der Waals surface area contributed by atoms with Crippen LogP contribution in [0.2, 0.25) is 0 Å². The molecule has 2 aromatic rings. The van der Waals surface area contributed by atoms with E-state index in [4.69, 9.17) is 5.11 Å². The van der Waals surface area contributed by atoms with Gasteiger partial charge in [-0.2, -0.15) is 13.5 Å². The third kappa shape index (κ3) is 3.08. The van der Waals surface area contributed by atoms with E-state index in [0.717, 1.165) is 10.7 Å². The number of carboxylic acids is 1. The van der Waals surface area contributed by atoms with Crippen LogP contribution in [-0.2, 0) is 10.0 Å². The highest BCUT2D eigenvalue weighted by Crippen LogP contribution is 2.27. The van der Waals surface area contributed by atoms with Crippen molar-refractivity contribution in [2.24, 2.45) is 0 Å². The van der Waals surface area contributed by atoms with Gasteiger partial charge in [-0.05, 0) is 37.1 Å². The molecule has 7 nitrogen and oxygen atoms in total. The molecule has 0 saturated heterocycles. The molecule has 0 aliphatic carbocycles. The average molecular weight is 374 g/mol. The highest BCUT2D eigenvalue weighted by atomic mass is 79.9. The molecular weight excluding hydrogens is 362 g/mol. The largest absolute Gasteiger partial charge is 0.478 e. The van der Waals surface area contributed by atoms with E-state index in [1.54, 1.807) is 26.0 Å². The van der Waals surface area contributed by atoms with Crippen LogP contribution in [0, 0.1) is 13.8 Å². The molecule has 0 spiro atoms. The molecule has 0 unspecified atom stereocenters. The Morgan fingerprint density at radius 1 is 1.33 bits per heavy atom. The summed E-state index contributed by atoms with van der Waals surface area (Å²) < 4.78 is 27.9. The number of anilines is 1. The van der Waals surface area contributed by atoms with E-state index in [1.807, 2.05) is 0 Å². The number of rotatable bonds is 4. The van der Waals surface area contributed by atoms with Crippen LogP contribution in [0.5, 0.6) is 0 Å². The monoisotopic (exact) mass is 373 g/mol. The minimum Gasteiger partial charge on any atom is -0.478 e. The van der Waals surface area contributed by atoms with Crippen molar-refractivity contribution in [1.82, 2.24) is 10.2 Å². The van der Waals surface area contributed by atoms with Gasteiger partial charge in [0.15, 0.2) is 5.03 Å². The minimum absolute atomic E-state index is 0.407. The highest BCUT2D eigenvalue weighted by Gasteiger charge is 2.25. The second-order valence-electron chi connectivity index (χ2n) is 4.44. The van der Waals surface area contributed by atoms with Gasteiger partial charge in [0.25, 0.3) is 10.0 Å². The Labute approximate surface area is 129 Å². The molecule has 9 heteroatoms. The number of hydrogen-bond acceptors (Lipinski definition) is 4. The Hall–Kier alpha value is -1.87. The molecule has 1 aromatic heterocycles. The number of aromatic carboxylic acids is 1. The molecule has 21 heavy (non-hydrogen) atoms. The van der Waals surface area contributed by atoms with Gasteiger partial charge in [-0.3, -0.25) is 9.82 Å². The van der Waals surface area contributed by atoms with E-state index in [-0.39, 0.29) is 0 Å². The lowest BCUT2D eigenvalue weighted by molar-refractivity contribution is 0.0692. The summed E-state index contributed by atoms with van der Waals surface area (Å²) in [5, 5.41) is 14.2. The van der Waals surface area contributed by atoms with Crippen LogP contribution < -0.4 is 4.72 Å². The summed E-state index contributed by atoms with van der Waals surface area (Å²) in [7, 11) is -4.07. The number of benzene rings is 1. The van der Waals surface area contributed by atoms with Crippen molar-refractivity contribution in [3.63, 3.8) is 0 Å². The van der Waals surface area contributed by atoms with Gasteiger partial charge in [-0.1, -0.05) is 15.9 Å². The normalized spacial score (nSPS) is 11.4. The predicted molar refractivity (Wildman–Crippen MR) is 80.0 cm³/mol. The molecule has 1 aromatic carbocycles. The molecule has 3 N–H and O–H groups in total. The molecule has 0 bridgehead atoms. The molecule has 0 radical (unpaired) electrons. The Kier molecular flexibility index (Phi) is 4.06. The SMILES string of the molecule is Cc1cc(Br)cc(C)c1NS(=O)(=O)c1[nH]ncc1C(=O)O. The molecule has 0 atom stereocenters. The summed E-state index contributed by atoms with van der Waals surface area (Å²) in [6, 6.07) is 3.52. The van der Waals surface area contributed by atoms with Crippen LogP contribution in [0.15, 0.2) is 27.8 Å². The molecule has 2 rings (SSSR count). The van der Waals surface area contributed by atoms with E-state index in [9.17, 15) is 13.2 Å². The van der Waals surface area contributed by atoms with Gasteiger partial charge in [0.2, 0.25) is 0 Å². The lowest BCUT2D eigenvalue weighted by Gasteiger charge is -2.13. The molecule has 0 amide bonds. The van der Waals surface area contributed by atoms with E-state index in [0.29, 0.717) is 16.8 Å². The molecule has 0 fully saturated rings. The maximum Gasteiger partial charge on any atom is 0.340 e. The molecule has 0 aliphatic heterocycles. The third-order valence-corrected chi connectivity index (χ3v) is 4.62. The number of hydrogen-bond donors (Lipinski definition) is 3. The zero-order chi connectivity index (χ0) is 15.8. The van der Waals surface area contributed by atoms with E-state index in [2.05, 4.69) is 30.8 Å². The Balaban J connectivity index is 2.48. The number of carbonyl (C=O) groups is 1. The van der Waals surface area contributed by atoms with Gasteiger partial charge < -0.3 is 5.11 Å². The highest BCUT2D eigenvalue weighted by molar-refractivity contribution is 9.10. The standard InChI is InChI=1S/C12H12BrN3O4S/c1-6-3-8(13)4-7(2)10(6)16-21(19,20)11-9(12(17)18)5-14-15-11/h3-5,16H,1-2H3,(H,14,15)(H,17,18). The Morgan fingerprint density at radius 3 is 2.43 bits per heavy atom. The third-order valence-electron chi connectivity index (χ3n) is 2.84.